The Hall–Kier alpha value is -4.25. The number of aromatic nitrogens is 5. The van der Waals surface area contributed by atoms with Crippen molar-refractivity contribution in [3.05, 3.63) is 59.8 Å². The molecule has 0 aliphatic carbocycles. The summed E-state index contributed by atoms with van der Waals surface area (Å²) in [5.74, 6) is 3.90. The van der Waals surface area contributed by atoms with E-state index in [1.165, 1.54) is 6.33 Å². The number of amides is 1. The molecule has 2 saturated heterocycles. The topological polar surface area (TPSA) is 127 Å². The van der Waals surface area contributed by atoms with Crippen LogP contribution in [0, 0.1) is 6.92 Å². The second-order valence-electron chi connectivity index (χ2n) is 10.4. The molecule has 2 fully saturated rings. The van der Waals surface area contributed by atoms with Gasteiger partial charge in [-0.1, -0.05) is 0 Å². The van der Waals surface area contributed by atoms with Crippen molar-refractivity contribution < 1.29 is 19.0 Å². The summed E-state index contributed by atoms with van der Waals surface area (Å²) < 4.78 is 17.5. The smallest absolute Gasteiger partial charge is 0.413 e. The Morgan fingerprint density at radius 2 is 1.95 bits per heavy atom. The molecule has 7 rings (SSSR count). The molecule has 4 aromatic rings. The van der Waals surface area contributed by atoms with Gasteiger partial charge in [-0.25, -0.2) is 24.7 Å². The molecule has 6 heterocycles. The van der Waals surface area contributed by atoms with E-state index in [2.05, 4.69) is 30.2 Å². The van der Waals surface area contributed by atoms with Crippen LogP contribution in [-0.2, 0) is 15.1 Å². The van der Waals surface area contributed by atoms with Crippen LogP contribution in [0.2, 0.25) is 0 Å². The Morgan fingerprint density at radius 1 is 1.10 bits per heavy atom. The molecule has 0 radical (unpaired) electrons. The first kappa shape index (κ1) is 23.8. The fraction of sp³-hybridized carbons (Fsp3) is 0.393. The highest BCUT2D eigenvalue weighted by atomic mass is 16.6. The molecule has 1 spiro atoms. The molecule has 3 aromatic heterocycles. The van der Waals surface area contributed by atoms with E-state index in [1.54, 1.807) is 6.20 Å². The molecular weight excluding hydrogens is 498 g/mol. The van der Waals surface area contributed by atoms with Gasteiger partial charge in [-0.3, -0.25) is 5.32 Å². The quantitative estimate of drug-likeness (QED) is 0.385. The number of aromatic amines is 1. The van der Waals surface area contributed by atoms with E-state index >= 15 is 0 Å². The number of pyridine rings is 1. The summed E-state index contributed by atoms with van der Waals surface area (Å²) in [5, 5.41) is 2.70. The van der Waals surface area contributed by atoms with Gasteiger partial charge in [0.15, 0.2) is 0 Å². The Morgan fingerprint density at radius 3 is 2.79 bits per heavy atom. The van der Waals surface area contributed by atoms with E-state index < -0.39 is 11.7 Å². The van der Waals surface area contributed by atoms with Gasteiger partial charge in [0.1, 0.15) is 35.1 Å². The fourth-order valence-corrected chi connectivity index (χ4v) is 5.87. The fourth-order valence-electron chi connectivity index (χ4n) is 5.87. The van der Waals surface area contributed by atoms with Gasteiger partial charge in [0, 0.05) is 69.0 Å². The number of anilines is 2. The summed E-state index contributed by atoms with van der Waals surface area (Å²) in [5.41, 5.74) is 3.19. The van der Waals surface area contributed by atoms with Crippen LogP contribution in [0.4, 0.5) is 16.4 Å². The normalized spacial score (nSPS) is 19.0. The van der Waals surface area contributed by atoms with Crippen molar-refractivity contribution in [3.8, 4) is 11.6 Å². The molecule has 39 heavy (non-hydrogen) atoms. The van der Waals surface area contributed by atoms with Crippen LogP contribution in [0.25, 0.3) is 11.0 Å². The number of H-pyrrole nitrogens is 1. The zero-order valence-electron chi connectivity index (χ0n) is 21.6. The van der Waals surface area contributed by atoms with Gasteiger partial charge >= 0.3 is 6.09 Å². The molecule has 0 atom stereocenters. The molecule has 0 bridgehead atoms. The summed E-state index contributed by atoms with van der Waals surface area (Å²) in [6.07, 6.45) is 5.94. The summed E-state index contributed by atoms with van der Waals surface area (Å²) in [4.78, 5) is 35.9. The molecule has 3 aliphatic heterocycles. The standard InChI is InChI=1S/C28H29N7O4/c1-17-13-19(14-21-24(17)33-25(32-21)18-4-11-37-12-5-18)38-23-15-22(30-16-31-23)35-9-6-28(7-10-35)20-3-2-8-29-26(20)34-27(36)39-28/h2-3,8,13-16,18H,4-7,9-12H2,1H3,(H,32,33)(H,29,34,36). The van der Waals surface area contributed by atoms with Crippen molar-refractivity contribution in [2.45, 2.75) is 44.1 Å². The van der Waals surface area contributed by atoms with Gasteiger partial charge < -0.3 is 24.1 Å². The summed E-state index contributed by atoms with van der Waals surface area (Å²) in [7, 11) is 0. The maximum atomic E-state index is 12.2. The maximum Gasteiger partial charge on any atom is 0.413 e. The number of nitrogens with zero attached hydrogens (tertiary/aromatic N) is 5. The molecule has 2 N–H and O–H groups in total. The molecule has 0 unspecified atom stereocenters. The number of hydrogen-bond acceptors (Lipinski definition) is 9. The minimum Gasteiger partial charge on any atom is -0.439 e. The zero-order chi connectivity index (χ0) is 26.4. The van der Waals surface area contributed by atoms with Crippen molar-refractivity contribution in [3.63, 3.8) is 0 Å². The first-order valence-electron chi connectivity index (χ1n) is 13.3. The lowest BCUT2D eigenvalue weighted by molar-refractivity contribution is -0.00853. The van der Waals surface area contributed by atoms with Gasteiger partial charge in [-0.2, -0.15) is 0 Å². The number of hydrogen-bond donors (Lipinski definition) is 2. The zero-order valence-corrected chi connectivity index (χ0v) is 21.6. The molecule has 11 nitrogen and oxygen atoms in total. The van der Waals surface area contributed by atoms with Gasteiger partial charge in [0.2, 0.25) is 5.88 Å². The average molecular weight is 528 g/mol. The largest absolute Gasteiger partial charge is 0.439 e. The summed E-state index contributed by atoms with van der Waals surface area (Å²) in [6, 6.07) is 9.65. The molecule has 11 heteroatoms. The Bertz CT molecular complexity index is 1540. The van der Waals surface area contributed by atoms with Crippen LogP contribution in [-0.4, -0.2) is 57.3 Å². The number of carbonyl (C=O) groups is 1. The molecule has 1 amide bonds. The number of ether oxygens (including phenoxy) is 3. The van der Waals surface area contributed by atoms with Gasteiger partial charge in [-0.15, -0.1) is 0 Å². The average Bonchev–Trinajstić information content (AvgIpc) is 3.39. The van der Waals surface area contributed by atoms with Gasteiger partial charge in [-0.05, 0) is 43.5 Å². The number of imidazole rings is 1. The Balaban J connectivity index is 1.08. The molecule has 3 aliphatic rings. The van der Waals surface area contributed by atoms with Crippen molar-refractivity contribution in [1.29, 1.82) is 0 Å². The Labute approximate surface area is 224 Å². The summed E-state index contributed by atoms with van der Waals surface area (Å²) in [6.45, 7) is 4.91. The third-order valence-electron chi connectivity index (χ3n) is 7.93. The third kappa shape index (κ3) is 4.42. The number of nitrogens with one attached hydrogen (secondary N) is 2. The van der Waals surface area contributed by atoms with Crippen LogP contribution in [0.15, 0.2) is 42.9 Å². The second-order valence-corrected chi connectivity index (χ2v) is 10.4. The van der Waals surface area contributed by atoms with Crippen molar-refractivity contribution >= 4 is 28.8 Å². The number of fused-ring (bicyclic) bond motifs is 3. The third-order valence-corrected chi connectivity index (χ3v) is 7.93. The molecule has 200 valence electrons. The first-order valence-corrected chi connectivity index (χ1v) is 13.3. The lowest BCUT2D eigenvalue weighted by atomic mass is 9.83. The van der Waals surface area contributed by atoms with E-state index in [0.29, 0.717) is 49.3 Å². The molecule has 1 aromatic carbocycles. The number of benzene rings is 1. The van der Waals surface area contributed by atoms with E-state index in [-0.39, 0.29) is 0 Å². The second kappa shape index (κ2) is 9.49. The molecule has 0 saturated carbocycles. The highest BCUT2D eigenvalue weighted by molar-refractivity contribution is 5.87. The predicted molar refractivity (Wildman–Crippen MR) is 143 cm³/mol. The van der Waals surface area contributed by atoms with E-state index in [0.717, 1.165) is 59.9 Å². The molecular formula is C28H29N7O4. The van der Waals surface area contributed by atoms with E-state index in [1.807, 2.05) is 37.3 Å². The summed E-state index contributed by atoms with van der Waals surface area (Å²) >= 11 is 0. The van der Waals surface area contributed by atoms with E-state index in [4.69, 9.17) is 19.2 Å². The van der Waals surface area contributed by atoms with Crippen LogP contribution in [0.3, 0.4) is 0 Å². The van der Waals surface area contributed by atoms with Crippen LogP contribution < -0.4 is 15.0 Å². The number of rotatable bonds is 4. The first-order chi connectivity index (χ1) is 19.1. The SMILES string of the molecule is Cc1cc(Oc2cc(N3CCC4(CC3)OC(=O)Nc3ncccc34)ncn2)cc2[nH]c(C3CCOCC3)nc12. The maximum absolute atomic E-state index is 12.2. The van der Waals surface area contributed by atoms with Crippen LogP contribution in [0.5, 0.6) is 11.6 Å². The Kier molecular flexibility index (Phi) is 5.80. The van der Waals surface area contributed by atoms with Crippen LogP contribution >= 0.6 is 0 Å². The monoisotopic (exact) mass is 527 g/mol. The van der Waals surface area contributed by atoms with Gasteiger partial charge in [0.05, 0.1) is 11.0 Å². The number of aryl methyl sites for hydroxylation is 1. The minimum absolute atomic E-state index is 0.390. The minimum atomic E-state index is -0.685. The number of carbonyl (C=O) groups excluding carboxylic acids is 1. The lowest BCUT2D eigenvalue weighted by Gasteiger charge is -2.44. The van der Waals surface area contributed by atoms with Crippen molar-refractivity contribution in [1.82, 2.24) is 24.9 Å². The highest BCUT2D eigenvalue weighted by Crippen LogP contribution is 2.43. The van der Waals surface area contributed by atoms with Crippen molar-refractivity contribution in [2.24, 2.45) is 0 Å². The van der Waals surface area contributed by atoms with E-state index in [9.17, 15) is 4.79 Å². The number of piperidine rings is 1. The van der Waals surface area contributed by atoms with Crippen molar-refractivity contribution in [2.75, 3.05) is 36.5 Å². The van der Waals surface area contributed by atoms with Gasteiger partial charge in [0.25, 0.3) is 0 Å². The lowest BCUT2D eigenvalue weighted by Crippen LogP contribution is -2.48. The highest BCUT2D eigenvalue weighted by Gasteiger charge is 2.45. The van der Waals surface area contributed by atoms with Crippen LogP contribution in [0.1, 0.15) is 48.6 Å². The predicted octanol–water partition coefficient (Wildman–Crippen LogP) is 4.80.